The number of carbonyl (C=O) groups excluding carboxylic acids is 1. The zero-order chi connectivity index (χ0) is 12.4. The van der Waals surface area contributed by atoms with Gasteiger partial charge in [-0.05, 0) is 29.6 Å². The Hall–Kier alpha value is -1.02. The standard InChI is InChI=1S/C17H14OS/c18-16(8-4-2-1-3-5-8)17-7-6-9(17)19-15-13-10-11(13)12(10)14(15)17/h1-7,9-15H. The molecule has 0 N–H and O–H groups in total. The number of rotatable bonds is 2. The molecule has 2 heteroatoms. The summed E-state index contributed by atoms with van der Waals surface area (Å²) in [5.41, 5.74) is 0.789. The number of thioether (sulfide) groups is 1. The lowest BCUT2D eigenvalue weighted by Gasteiger charge is -2.40. The van der Waals surface area contributed by atoms with Crippen molar-refractivity contribution in [2.24, 2.45) is 35.0 Å². The molecule has 19 heavy (non-hydrogen) atoms. The van der Waals surface area contributed by atoms with Crippen LogP contribution >= 0.6 is 11.8 Å². The van der Waals surface area contributed by atoms with Crippen LogP contribution in [-0.4, -0.2) is 16.3 Å². The van der Waals surface area contributed by atoms with Gasteiger partial charge in [0.1, 0.15) is 0 Å². The Bertz CT molecular complexity index is 640. The van der Waals surface area contributed by atoms with Crippen molar-refractivity contribution < 1.29 is 4.79 Å². The maximum Gasteiger partial charge on any atom is 0.174 e. The third-order valence-electron chi connectivity index (χ3n) is 6.39. The van der Waals surface area contributed by atoms with E-state index in [0.717, 1.165) is 34.5 Å². The lowest BCUT2D eigenvalue weighted by atomic mass is 9.61. The van der Waals surface area contributed by atoms with E-state index >= 15 is 0 Å². The van der Waals surface area contributed by atoms with Crippen LogP contribution in [0.25, 0.3) is 0 Å². The minimum absolute atomic E-state index is 0.125. The third-order valence-corrected chi connectivity index (χ3v) is 8.15. The smallest absolute Gasteiger partial charge is 0.174 e. The van der Waals surface area contributed by atoms with Crippen molar-refractivity contribution >= 4 is 17.5 Å². The lowest BCUT2D eigenvalue weighted by Crippen LogP contribution is -2.46. The number of allylic oxidation sites excluding steroid dienone is 1. The van der Waals surface area contributed by atoms with E-state index in [-0.39, 0.29) is 5.41 Å². The summed E-state index contributed by atoms with van der Waals surface area (Å²) in [6.45, 7) is 0. The van der Waals surface area contributed by atoms with E-state index in [1.54, 1.807) is 0 Å². The van der Waals surface area contributed by atoms with Gasteiger partial charge < -0.3 is 0 Å². The predicted molar refractivity (Wildman–Crippen MR) is 75.0 cm³/mol. The minimum Gasteiger partial charge on any atom is -0.293 e. The molecule has 6 atom stereocenters. The highest BCUT2D eigenvalue weighted by molar-refractivity contribution is 8.01. The van der Waals surface area contributed by atoms with Crippen LogP contribution in [0.15, 0.2) is 42.5 Å². The molecule has 94 valence electrons. The Morgan fingerprint density at radius 2 is 1.84 bits per heavy atom. The molecule has 0 aromatic heterocycles. The summed E-state index contributed by atoms with van der Waals surface area (Å²) < 4.78 is 0. The lowest BCUT2D eigenvalue weighted by molar-refractivity contribution is 0.0762. The quantitative estimate of drug-likeness (QED) is 0.604. The molecule has 0 spiro atoms. The Morgan fingerprint density at radius 3 is 2.53 bits per heavy atom. The van der Waals surface area contributed by atoms with Crippen molar-refractivity contribution in [1.82, 2.24) is 0 Å². The summed E-state index contributed by atoms with van der Waals surface area (Å²) >= 11 is 2.12. The van der Waals surface area contributed by atoms with E-state index in [1.165, 1.54) is 0 Å². The molecule has 7 rings (SSSR count). The van der Waals surface area contributed by atoms with Gasteiger partial charge in [0, 0.05) is 16.1 Å². The van der Waals surface area contributed by atoms with Crippen molar-refractivity contribution in [3.63, 3.8) is 0 Å². The van der Waals surface area contributed by atoms with Crippen LogP contribution in [-0.2, 0) is 0 Å². The molecule has 4 saturated carbocycles. The van der Waals surface area contributed by atoms with Crippen molar-refractivity contribution in [1.29, 1.82) is 0 Å². The average molecular weight is 266 g/mol. The largest absolute Gasteiger partial charge is 0.293 e. The Balaban J connectivity index is 1.48. The second-order valence-corrected chi connectivity index (χ2v) is 8.17. The molecule has 6 aliphatic rings. The Morgan fingerprint density at radius 1 is 1.05 bits per heavy atom. The number of Topliss-reactive ketones (excluding diaryl/α,β-unsaturated/α-hetero) is 1. The van der Waals surface area contributed by atoms with Gasteiger partial charge in [-0.25, -0.2) is 0 Å². The maximum atomic E-state index is 13.1. The molecular weight excluding hydrogens is 252 g/mol. The van der Waals surface area contributed by atoms with E-state index in [0.29, 0.717) is 17.0 Å². The van der Waals surface area contributed by atoms with Gasteiger partial charge in [-0.15, -0.1) is 11.8 Å². The van der Waals surface area contributed by atoms with Crippen LogP contribution in [0.2, 0.25) is 0 Å². The molecule has 0 radical (unpaired) electrons. The zero-order valence-electron chi connectivity index (χ0n) is 10.4. The van der Waals surface area contributed by atoms with Crippen molar-refractivity contribution in [3.8, 4) is 0 Å². The van der Waals surface area contributed by atoms with Crippen molar-refractivity contribution in [2.45, 2.75) is 10.5 Å². The SMILES string of the molecule is O=C(c1ccccc1)C12C=CC1SC1C3C4C3C4C12. The second-order valence-electron chi connectivity index (χ2n) is 6.84. The van der Waals surface area contributed by atoms with E-state index < -0.39 is 0 Å². The predicted octanol–water partition coefficient (Wildman–Crippen LogP) is 3.03. The highest BCUT2D eigenvalue weighted by Gasteiger charge is 2.89. The van der Waals surface area contributed by atoms with Crippen LogP contribution in [0, 0.1) is 35.0 Å². The molecule has 1 nitrogen and oxygen atoms in total. The van der Waals surface area contributed by atoms with Crippen LogP contribution in [0.5, 0.6) is 0 Å². The fourth-order valence-corrected chi connectivity index (χ4v) is 7.68. The van der Waals surface area contributed by atoms with Gasteiger partial charge in [-0.2, -0.15) is 0 Å². The highest BCUT2D eigenvalue weighted by Crippen LogP contribution is 2.91. The molecule has 1 heterocycles. The van der Waals surface area contributed by atoms with Crippen LogP contribution in [0.4, 0.5) is 0 Å². The maximum absolute atomic E-state index is 13.1. The van der Waals surface area contributed by atoms with Crippen LogP contribution in [0.3, 0.4) is 0 Å². The fourth-order valence-electron chi connectivity index (χ4n) is 5.48. The summed E-state index contributed by atoms with van der Waals surface area (Å²) in [5.74, 6) is 5.02. The summed E-state index contributed by atoms with van der Waals surface area (Å²) in [7, 11) is 0. The second kappa shape index (κ2) is 2.71. The number of carbonyl (C=O) groups is 1. The van der Waals surface area contributed by atoms with E-state index in [9.17, 15) is 4.79 Å². The van der Waals surface area contributed by atoms with E-state index in [1.807, 2.05) is 30.3 Å². The van der Waals surface area contributed by atoms with Crippen molar-refractivity contribution in [3.05, 3.63) is 48.0 Å². The summed E-state index contributed by atoms with van der Waals surface area (Å²) in [6.07, 6.45) is 4.53. The highest BCUT2D eigenvalue weighted by atomic mass is 32.2. The monoisotopic (exact) mass is 266 g/mol. The number of hydrogen-bond donors (Lipinski definition) is 0. The normalized spacial score (nSPS) is 56.9. The molecule has 5 fully saturated rings. The first-order valence-corrected chi connectivity index (χ1v) is 8.23. The zero-order valence-corrected chi connectivity index (χ0v) is 11.2. The Kier molecular flexibility index (Phi) is 1.40. The van der Waals surface area contributed by atoms with Crippen LogP contribution in [0.1, 0.15) is 10.4 Å². The van der Waals surface area contributed by atoms with Gasteiger partial charge in [0.15, 0.2) is 5.78 Å². The number of benzene rings is 1. The molecule has 1 aliphatic heterocycles. The van der Waals surface area contributed by atoms with Gasteiger partial charge in [0.2, 0.25) is 0 Å². The molecule has 2 bridgehead atoms. The average Bonchev–Trinajstić information content (AvgIpc) is 3.24. The fraction of sp³-hybridized carbons (Fsp3) is 0.471. The first-order valence-electron chi connectivity index (χ1n) is 7.29. The van der Waals surface area contributed by atoms with Gasteiger partial charge >= 0.3 is 0 Å². The van der Waals surface area contributed by atoms with Crippen molar-refractivity contribution in [2.75, 3.05) is 0 Å². The summed E-state index contributed by atoms with van der Waals surface area (Å²) in [4.78, 5) is 13.1. The first kappa shape index (κ1) is 9.82. The molecule has 1 aromatic rings. The van der Waals surface area contributed by atoms with Crippen LogP contribution < -0.4 is 0 Å². The molecular formula is C17H14OS. The van der Waals surface area contributed by atoms with Gasteiger partial charge in [0.05, 0.1) is 5.41 Å². The molecule has 5 aliphatic carbocycles. The Labute approximate surface area is 116 Å². The topological polar surface area (TPSA) is 17.1 Å². The molecule has 0 amide bonds. The van der Waals surface area contributed by atoms with Gasteiger partial charge in [-0.3, -0.25) is 4.79 Å². The molecule has 6 unspecified atom stereocenters. The van der Waals surface area contributed by atoms with Gasteiger partial charge in [0.25, 0.3) is 0 Å². The molecule has 1 aromatic carbocycles. The number of fused-ring (bicyclic) bond motifs is 1. The minimum atomic E-state index is -0.125. The summed E-state index contributed by atoms with van der Waals surface area (Å²) in [5, 5.41) is 1.27. The number of hydrogen-bond acceptors (Lipinski definition) is 2. The van der Waals surface area contributed by atoms with E-state index in [2.05, 4.69) is 23.9 Å². The first-order chi connectivity index (χ1) is 9.34. The summed E-state index contributed by atoms with van der Waals surface area (Å²) in [6, 6.07) is 9.95. The molecule has 1 saturated heterocycles. The third kappa shape index (κ3) is 0.849. The van der Waals surface area contributed by atoms with Gasteiger partial charge in [-0.1, -0.05) is 42.5 Å². The number of ketones is 1. The van der Waals surface area contributed by atoms with E-state index in [4.69, 9.17) is 0 Å².